The molecule has 0 atom stereocenters. The fourth-order valence-corrected chi connectivity index (χ4v) is 3.10. The molecule has 1 amide bonds. The van der Waals surface area contributed by atoms with E-state index in [1.807, 2.05) is 18.2 Å². The van der Waals surface area contributed by atoms with E-state index in [4.69, 9.17) is 29.6 Å². The molecule has 3 aromatic rings. The molecule has 0 radical (unpaired) electrons. The smallest absolute Gasteiger partial charge is 0.260 e. The van der Waals surface area contributed by atoms with Crippen LogP contribution >= 0.6 is 23.2 Å². The molecule has 0 saturated heterocycles. The molecule has 0 fully saturated rings. The number of hydrogen-bond donors (Lipinski definition) is 1. The predicted molar refractivity (Wildman–Crippen MR) is 105 cm³/mol. The van der Waals surface area contributed by atoms with Gasteiger partial charge in [0.2, 0.25) is 0 Å². The Morgan fingerprint density at radius 3 is 2.73 bits per heavy atom. The summed E-state index contributed by atoms with van der Waals surface area (Å²) in [7, 11) is 0. The summed E-state index contributed by atoms with van der Waals surface area (Å²) in [4.78, 5) is 12.7. The molecule has 6 heteroatoms. The molecule has 0 unspecified atom stereocenters. The van der Waals surface area contributed by atoms with Crippen LogP contribution in [0.15, 0.2) is 48.5 Å². The van der Waals surface area contributed by atoms with Gasteiger partial charge in [0, 0.05) is 16.3 Å². The molecule has 130 valence electrons. The molecule has 0 aliphatic heterocycles. The largest absolute Gasteiger partial charge is 0.322 e. The van der Waals surface area contributed by atoms with Crippen molar-refractivity contribution in [3.63, 3.8) is 0 Å². The lowest BCUT2D eigenvalue weighted by molar-refractivity contribution is 0.102. The van der Waals surface area contributed by atoms with Gasteiger partial charge in [-0.2, -0.15) is 5.10 Å². The summed E-state index contributed by atoms with van der Waals surface area (Å²) in [6, 6.07) is 14.5. The van der Waals surface area contributed by atoms with Crippen LogP contribution in [0.2, 0.25) is 10.2 Å². The Morgan fingerprint density at radius 1 is 1.23 bits per heavy atom. The standard InChI is InChI=1S/C20H15Cl2N3O/c1-3-14-7-6-9-16(11-14)23-20(26)18-13(2)24-25(19(18)22)12-15-8-4-5-10-17(15)21/h1,4-11H,12H2,2H3,(H,23,26). The summed E-state index contributed by atoms with van der Waals surface area (Å²) in [6.07, 6.45) is 5.39. The van der Waals surface area contributed by atoms with E-state index in [-0.39, 0.29) is 11.1 Å². The lowest BCUT2D eigenvalue weighted by Gasteiger charge is -2.07. The maximum absolute atomic E-state index is 12.7. The van der Waals surface area contributed by atoms with E-state index in [1.54, 1.807) is 41.9 Å². The van der Waals surface area contributed by atoms with E-state index in [0.29, 0.717) is 34.1 Å². The maximum Gasteiger partial charge on any atom is 0.260 e. The number of anilines is 1. The number of hydrogen-bond acceptors (Lipinski definition) is 2. The molecule has 1 aromatic heterocycles. The number of nitrogens with one attached hydrogen (secondary N) is 1. The van der Waals surface area contributed by atoms with Gasteiger partial charge in [-0.25, -0.2) is 4.68 Å². The van der Waals surface area contributed by atoms with Gasteiger partial charge in [-0.05, 0) is 36.8 Å². The van der Waals surface area contributed by atoms with Crippen molar-refractivity contribution in [2.45, 2.75) is 13.5 Å². The molecule has 0 spiro atoms. The first-order chi connectivity index (χ1) is 12.5. The summed E-state index contributed by atoms with van der Waals surface area (Å²) >= 11 is 12.6. The number of carbonyl (C=O) groups is 1. The molecule has 0 aliphatic carbocycles. The highest BCUT2D eigenvalue weighted by Gasteiger charge is 2.21. The third-order valence-corrected chi connectivity index (χ3v) is 4.61. The van der Waals surface area contributed by atoms with E-state index in [2.05, 4.69) is 16.3 Å². The second kappa shape index (κ2) is 7.65. The van der Waals surface area contributed by atoms with E-state index in [0.717, 1.165) is 5.56 Å². The molecule has 26 heavy (non-hydrogen) atoms. The number of terminal acetylenes is 1. The fourth-order valence-electron chi connectivity index (χ4n) is 2.58. The Morgan fingerprint density at radius 2 is 2.00 bits per heavy atom. The average Bonchev–Trinajstić information content (AvgIpc) is 2.90. The van der Waals surface area contributed by atoms with Gasteiger partial charge in [0.05, 0.1) is 17.8 Å². The van der Waals surface area contributed by atoms with Gasteiger partial charge in [-0.1, -0.05) is 53.4 Å². The first kappa shape index (κ1) is 18.1. The molecule has 1 N–H and O–H groups in total. The predicted octanol–water partition coefficient (Wildman–Crippen LogP) is 4.78. The third kappa shape index (κ3) is 3.75. The number of halogens is 2. The van der Waals surface area contributed by atoms with E-state index in [9.17, 15) is 4.79 Å². The van der Waals surface area contributed by atoms with Gasteiger partial charge in [0.25, 0.3) is 5.91 Å². The van der Waals surface area contributed by atoms with Gasteiger partial charge in [-0.3, -0.25) is 4.79 Å². The van der Waals surface area contributed by atoms with Crippen molar-refractivity contribution in [2.24, 2.45) is 0 Å². The monoisotopic (exact) mass is 383 g/mol. The number of amides is 1. The van der Waals surface area contributed by atoms with Gasteiger partial charge < -0.3 is 5.32 Å². The van der Waals surface area contributed by atoms with Crippen molar-refractivity contribution in [3.8, 4) is 12.3 Å². The fraction of sp³-hybridized carbons (Fsp3) is 0.100. The van der Waals surface area contributed by atoms with Crippen LogP contribution < -0.4 is 5.32 Å². The Kier molecular flexibility index (Phi) is 5.32. The van der Waals surface area contributed by atoms with Gasteiger partial charge >= 0.3 is 0 Å². The molecular weight excluding hydrogens is 369 g/mol. The highest BCUT2D eigenvalue weighted by molar-refractivity contribution is 6.34. The van der Waals surface area contributed by atoms with Crippen LogP contribution in [0.25, 0.3) is 0 Å². The minimum atomic E-state index is -0.341. The number of aryl methyl sites for hydroxylation is 1. The third-order valence-electron chi connectivity index (χ3n) is 3.86. The Bertz CT molecular complexity index is 1020. The normalized spacial score (nSPS) is 10.4. The van der Waals surface area contributed by atoms with Crippen molar-refractivity contribution in [1.82, 2.24) is 9.78 Å². The van der Waals surface area contributed by atoms with E-state index >= 15 is 0 Å². The molecule has 2 aromatic carbocycles. The van der Waals surface area contributed by atoms with Crippen molar-refractivity contribution >= 4 is 34.8 Å². The number of carbonyl (C=O) groups excluding carboxylic acids is 1. The van der Waals surface area contributed by atoms with Crippen molar-refractivity contribution in [1.29, 1.82) is 0 Å². The first-order valence-corrected chi connectivity index (χ1v) is 8.59. The Hall–Kier alpha value is -2.74. The zero-order chi connectivity index (χ0) is 18.7. The van der Waals surface area contributed by atoms with Crippen LogP contribution in [0.5, 0.6) is 0 Å². The highest BCUT2D eigenvalue weighted by atomic mass is 35.5. The first-order valence-electron chi connectivity index (χ1n) is 7.84. The minimum absolute atomic E-state index is 0.257. The molecular formula is C20H15Cl2N3O. The van der Waals surface area contributed by atoms with Crippen LogP contribution in [0.1, 0.15) is 27.2 Å². The summed E-state index contributed by atoms with van der Waals surface area (Å²) in [5.41, 5.74) is 3.00. The second-order valence-electron chi connectivity index (χ2n) is 5.68. The van der Waals surface area contributed by atoms with Crippen LogP contribution in [-0.4, -0.2) is 15.7 Å². The van der Waals surface area contributed by atoms with Gasteiger partial charge in [0.15, 0.2) is 0 Å². The van der Waals surface area contributed by atoms with Crippen LogP contribution in [0, 0.1) is 19.3 Å². The molecule has 0 saturated carbocycles. The number of benzene rings is 2. The van der Waals surface area contributed by atoms with Crippen LogP contribution in [0.3, 0.4) is 0 Å². The number of aromatic nitrogens is 2. The second-order valence-corrected chi connectivity index (χ2v) is 6.44. The van der Waals surface area contributed by atoms with Crippen molar-refractivity contribution in [3.05, 3.63) is 81.1 Å². The topological polar surface area (TPSA) is 46.9 Å². The summed E-state index contributed by atoms with van der Waals surface area (Å²) in [5, 5.41) is 8.06. The lowest BCUT2D eigenvalue weighted by atomic mass is 10.2. The zero-order valence-electron chi connectivity index (χ0n) is 14.0. The number of rotatable bonds is 4. The lowest BCUT2D eigenvalue weighted by Crippen LogP contribution is -2.13. The van der Waals surface area contributed by atoms with Crippen molar-refractivity contribution < 1.29 is 4.79 Å². The molecule has 4 nitrogen and oxygen atoms in total. The van der Waals surface area contributed by atoms with E-state index < -0.39 is 0 Å². The highest BCUT2D eigenvalue weighted by Crippen LogP contribution is 2.24. The maximum atomic E-state index is 12.7. The molecule has 0 bridgehead atoms. The Balaban J connectivity index is 1.86. The number of nitrogens with zero attached hydrogens (tertiary/aromatic N) is 2. The molecule has 3 rings (SSSR count). The quantitative estimate of drug-likeness (QED) is 0.658. The summed E-state index contributed by atoms with van der Waals surface area (Å²) in [5.74, 6) is 2.19. The Labute approximate surface area is 161 Å². The van der Waals surface area contributed by atoms with Gasteiger partial charge in [-0.15, -0.1) is 6.42 Å². The SMILES string of the molecule is C#Cc1cccc(NC(=O)c2c(C)nn(Cc3ccccc3Cl)c2Cl)c1. The van der Waals surface area contributed by atoms with Gasteiger partial charge in [0.1, 0.15) is 5.15 Å². The van der Waals surface area contributed by atoms with Crippen LogP contribution in [-0.2, 0) is 6.54 Å². The van der Waals surface area contributed by atoms with E-state index in [1.165, 1.54) is 0 Å². The minimum Gasteiger partial charge on any atom is -0.322 e. The average molecular weight is 384 g/mol. The molecule has 1 heterocycles. The summed E-state index contributed by atoms with van der Waals surface area (Å²) in [6.45, 7) is 2.11. The van der Waals surface area contributed by atoms with Crippen LogP contribution in [0.4, 0.5) is 5.69 Å². The summed E-state index contributed by atoms with van der Waals surface area (Å²) < 4.78 is 1.56. The zero-order valence-corrected chi connectivity index (χ0v) is 15.5. The molecule has 0 aliphatic rings. The van der Waals surface area contributed by atoms with Crippen molar-refractivity contribution in [2.75, 3.05) is 5.32 Å².